The number of hydrogen-bond acceptors (Lipinski definition) is 5. The van der Waals surface area contributed by atoms with Crippen LogP contribution in [0.15, 0.2) is 48.9 Å². The van der Waals surface area contributed by atoms with Crippen LogP contribution in [0.1, 0.15) is 23.2 Å². The average Bonchev–Trinajstić information content (AvgIpc) is 3.34. The van der Waals surface area contributed by atoms with Gasteiger partial charge in [0.2, 0.25) is 0 Å². The zero-order valence-electron chi connectivity index (χ0n) is 15.3. The lowest BCUT2D eigenvalue weighted by Crippen LogP contribution is -2.53. The first kappa shape index (κ1) is 17.6. The van der Waals surface area contributed by atoms with E-state index in [1.165, 1.54) is 0 Å². The molecule has 3 heterocycles. The summed E-state index contributed by atoms with van der Waals surface area (Å²) in [6.07, 6.45) is 5.43. The first-order valence-electron chi connectivity index (χ1n) is 9.11. The quantitative estimate of drug-likeness (QED) is 0.698. The van der Waals surface area contributed by atoms with Crippen LogP contribution in [0.2, 0.25) is 0 Å². The van der Waals surface area contributed by atoms with Gasteiger partial charge in [-0.2, -0.15) is 0 Å². The third-order valence-corrected chi connectivity index (χ3v) is 5.05. The Bertz CT molecular complexity index is 929. The Hall–Kier alpha value is -2.77. The molecule has 2 aromatic heterocycles. The third-order valence-electron chi connectivity index (χ3n) is 5.05. The number of amides is 1. The first-order chi connectivity index (χ1) is 13.2. The lowest BCUT2D eigenvalue weighted by atomic mass is 9.98. The van der Waals surface area contributed by atoms with Crippen LogP contribution in [0, 0.1) is 0 Å². The number of carbonyl (C=O) groups is 1. The van der Waals surface area contributed by atoms with Gasteiger partial charge in [0.15, 0.2) is 0 Å². The highest BCUT2D eigenvalue weighted by Crippen LogP contribution is 2.19. The molecule has 4 rings (SSSR count). The van der Waals surface area contributed by atoms with Crippen molar-refractivity contribution in [2.75, 3.05) is 26.8 Å². The molecule has 1 aliphatic rings. The van der Waals surface area contributed by atoms with Crippen LogP contribution in [0.3, 0.4) is 0 Å². The number of carbonyl (C=O) groups excluding carboxylic acids is 1. The van der Waals surface area contributed by atoms with Crippen molar-refractivity contribution in [1.29, 1.82) is 0 Å². The average molecular weight is 365 g/mol. The van der Waals surface area contributed by atoms with Crippen molar-refractivity contribution in [3.8, 4) is 5.82 Å². The number of imidazole rings is 1. The minimum Gasteiger partial charge on any atom is -0.383 e. The molecule has 0 spiro atoms. The SMILES string of the molecule is COCC1(CNC(=O)c2ccc(-n3cnc4ccccc43)nc2)CCCN1. The smallest absolute Gasteiger partial charge is 0.252 e. The van der Waals surface area contributed by atoms with Gasteiger partial charge >= 0.3 is 0 Å². The van der Waals surface area contributed by atoms with E-state index in [2.05, 4.69) is 20.6 Å². The zero-order valence-corrected chi connectivity index (χ0v) is 15.3. The van der Waals surface area contributed by atoms with Crippen LogP contribution >= 0.6 is 0 Å². The van der Waals surface area contributed by atoms with E-state index >= 15 is 0 Å². The molecule has 0 radical (unpaired) electrons. The number of pyridine rings is 1. The summed E-state index contributed by atoms with van der Waals surface area (Å²) in [5.74, 6) is 0.599. The fraction of sp³-hybridized carbons (Fsp3) is 0.350. The van der Waals surface area contributed by atoms with Crippen molar-refractivity contribution in [1.82, 2.24) is 25.2 Å². The predicted octanol–water partition coefficient (Wildman–Crippen LogP) is 1.92. The Morgan fingerprint density at radius 2 is 2.19 bits per heavy atom. The summed E-state index contributed by atoms with van der Waals surface area (Å²) >= 11 is 0. The lowest BCUT2D eigenvalue weighted by molar-refractivity contribution is 0.0892. The van der Waals surface area contributed by atoms with Gasteiger partial charge in [-0.05, 0) is 43.7 Å². The molecule has 0 aliphatic carbocycles. The van der Waals surface area contributed by atoms with Crippen LogP contribution in [-0.2, 0) is 4.74 Å². The van der Waals surface area contributed by atoms with Gasteiger partial charge in [0.1, 0.15) is 12.1 Å². The Morgan fingerprint density at radius 1 is 1.30 bits per heavy atom. The van der Waals surface area contributed by atoms with Crippen molar-refractivity contribution in [2.24, 2.45) is 0 Å². The van der Waals surface area contributed by atoms with Gasteiger partial charge in [0.25, 0.3) is 5.91 Å². The molecule has 0 bridgehead atoms. The maximum Gasteiger partial charge on any atom is 0.252 e. The number of nitrogens with one attached hydrogen (secondary N) is 2. The molecule has 1 atom stereocenters. The highest BCUT2D eigenvalue weighted by molar-refractivity contribution is 5.94. The first-order valence-corrected chi connectivity index (χ1v) is 9.11. The Labute approximate surface area is 157 Å². The lowest BCUT2D eigenvalue weighted by Gasteiger charge is -2.28. The molecule has 2 N–H and O–H groups in total. The Balaban J connectivity index is 1.46. The van der Waals surface area contributed by atoms with Gasteiger partial charge in [-0.1, -0.05) is 12.1 Å². The summed E-state index contributed by atoms with van der Waals surface area (Å²) in [5, 5.41) is 6.47. The van der Waals surface area contributed by atoms with Crippen LogP contribution in [0.25, 0.3) is 16.9 Å². The number of rotatable bonds is 6. The van der Waals surface area contributed by atoms with E-state index in [1.54, 1.807) is 25.7 Å². The van der Waals surface area contributed by atoms with E-state index in [4.69, 9.17) is 4.74 Å². The van der Waals surface area contributed by atoms with E-state index in [1.807, 2.05) is 34.9 Å². The summed E-state index contributed by atoms with van der Waals surface area (Å²) in [6.45, 7) is 2.07. The monoisotopic (exact) mass is 365 g/mol. The van der Waals surface area contributed by atoms with E-state index in [9.17, 15) is 4.79 Å². The number of methoxy groups -OCH3 is 1. The van der Waals surface area contributed by atoms with E-state index in [0.29, 0.717) is 18.7 Å². The fourth-order valence-electron chi connectivity index (χ4n) is 3.63. The molecule has 7 nitrogen and oxygen atoms in total. The molecule has 1 aromatic carbocycles. The minimum atomic E-state index is -0.173. The molecule has 7 heteroatoms. The highest BCUT2D eigenvalue weighted by atomic mass is 16.5. The van der Waals surface area contributed by atoms with Gasteiger partial charge < -0.3 is 15.4 Å². The van der Waals surface area contributed by atoms with Crippen LogP contribution in [0.5, 0.6) is 0 Å². The molecule has 3 aromatic rings. The summed E-state index contributed by atoms with van der Waals surface area (Å²) in [6, 6.07) is 11.5. The van der Waals surface area contributed by atoms with E-state index in [0.717, 1.165) is 36.2 Å². The molecule has 1 unspecified atom stereocenters. The molecular formula is C20H23N5O2. The van der Waals surface area contributed by atoms with Gasteiger partial charge in [-0.15, -0.1) is 0 Å². The topological polar surface area (TPSA) is 81.1 Å². The number of benzene rings is 1. The zero-order chi connectivity index (χ0) is 18.7. The van der Waals surface area contributed by atoms with Gasteiger partial charge in [0, 0.05) is 19.9 Å². The maximum atomic E-state index is 12.5. The predicted molar refractivity (Wildman–Crippen MR) is 103 cm³/mol. The largest absolute Gasteiger partial charge is 0.383 e. The van der Waals surface area contributed by atoms with Crippen LogP contribution < -0.4 is 10.6 Å². The summed E-state index contributed by atoms with van der Waals surface area (Å²) in [4.78, 5) is 21.3. The number of ether oxygens (including phenoxy) is 1. The van der Waals surface area contributed by atoms with Gasteiger partial charge in [0.05, 0.1) is 28.7 Å². The van der Waals surface area contributed by atoms with Gasteiger partial charge in [-0.3, -0.25) is 9.36 Å². The molecule has 0 saturated carbocycles. The standard InChI is InChI=1S/C20H23N5O2/c1-27-13-20(9-4-10-24-20)12-22-19(26)15-7-8-18(21-11-15)25-14-23-16-5-2-3-6-17(16)25/h2-3,5-8,11,14,24H,4,9-10,12-13H2,1H3,(H,22,26). The fourth-order valence-corrected chi connectivity index (χ4v) is 3.63. The second-order valence-corrected chi connectivity index (χ2v) is 6.93. The van der Waals surface area contributed by atoms with Gasteiger partial charge in [-0.25, -0.2) is 9.97 Å². The van der Waals surface area contributed by atoms with Crippen molar-refractivity contribution in [2.45, 2.75) is 18.4 Å². The van der Waals surface area contributed by atoms with Crippen molar-refractivity contribution in [3.05, 3.63) is 54.5 Å². The summed E-state index contributed by atoms with van der Waals surface area (Å²) in [5.41, 5.74) is 2.26. The number of aromatic nitrogens is 3. The molecule has 1 amide bonds. The molecule has 1 fully saturated rings. The number of nitrogens with zero attached hydrogens (tertiary/aromatic N) is 3. The van der Waals surface area contributed by atoms with Crippen LogP contribution in [0.4, 0.5) is 0 Å². The van der Waals surface area contributed by atoms with E-state index in [-0.39, 0.29) is 11.4 Å². The van der Waals surface area contributed by atoms with Crippen LogP contribution in [-0.4, -0.2) is 52.8 Å². The summed E-state index contributed by atoms with van der Waals surface area (Å²) < 4.78 is 7.23. The Kier molecular flexibility index (Phi) is 4.87. The molecule has 27 heavy (non-hydrogen) atoms. The molecule has 1 saturated heterocycles. The maximum absolute atomic E-state index is 12.5. The Morgan fingerprint density at radius 3 is 2.93 bits per heavy atom. The summed E-state index contributed by atoms with van der Waals surface area (Å²) in [7, 11) is 1.69. The third kappa shape index (κ3) is 3.56. The van der Waals surface area contributed by atoms with Crippen molar-refractivity contribution in [3.63, 3.8) is 0 Å². The minimum absolute atomic E-state index is 0.131. The second kappa shape index (κ2) is 7.46. The molecular weight excluding hydrogens is 342 g/mol. The van der Waals surface area contributed by atoms with E-state index < -0.39 is 0 Å². The van der Waals surface area contributed by atoms with Crippen molar-refractivity contribution >= 4 is 16.9 Å². The number of para-hydroxylation sites is 2. The molecule has 140 valence electrons. The number of hydrogen-bond donors (Lipinski definition) is 2. The number of fused-ring (bicyclic) bond motifs is 1. The van der Waals surface area contributed by atoms with Crippen molar-refractivity contribution < 1.29 is 9.53 Å². The normalized spacial score (nSPS) is 19.4. The second-order valence-electron chi connectivity index (χ2n) is 6.93. The molecule has 1 aliphatic heterocycles. The highest BCUT2D eigenvalue weighted by Gasteiger charge is 2.33.